The second-order valence-corrected chi connectivity index (χ2v) is 3.21. The molecule has 0 atom stereocenters. The lowest BCUT2D eigenvalue weighted by Crippen LogP contribution is -2.00. The first-order valence-electron chi connectivity index (χ1n) is 5.28. The van der Waals surface area contributed by atoms with Gasteiger partial charge >= 0.3 is 5.97 Å². The molecule has 0 aromatic carbocycles. The highest BCUT2D eigenvalue weighted by Gasteiger charge is 1.98. The molecule has 0 aliphatic heterocycles. The van der Waals surface area contributed by atoms with Gasteiger partial charge in [-0.3, -0.25) is 4.57 Å². The van der Waals surface area contributed by atoms with Crippen LogP contribution in [-0.2, 0) is 9.53 Å². The van der Waals surface area contributed by atoms with E-state index in [0.717, 1.165) is 0 Å². The van der Waals surface area contributed by atoms with Crippen molar-refractivity contribution in [3.8, 4) is 17.8 Å². The lowest BCUT2D eigenvalue weighted by atomic mass is 10.3. The van der Waals surface area contributed by atoms with Gasteiger partial charge in [0.25, 0.3) is 0 Å². The number of esters is 1. The number of imidazole rings is 1. The third-order valence-corrected chi connectivity index (χ3v) is 1.96. The van der Waals surface area contributed by atoms with Crippen molar-refractivity contribution in [2.75, 3.05) is 6.61 Å². The number of hydrogen-bond acceptors (Lipinski definition) is 5. The maximum Gasteiger partial charge on any atom is 0.384 e. The molecule has 2 aromatic heterocycles. The fourth-order valence-electron chi connectivity index (χ4n) is 1.19. The van der Waals surface area contributed by atoms with Gasteiger partial charge in [-0.1, -0.05) is 5.92 Å². The largest absolute Gasteiger partial charge is 0.456 e. The highest BCUT2D eigenvalue weighted by molar-refractivity contribution is 5.89. The van der Waals surface area contributed by atoms with Crippen LogP contribution in [0.25, 0.3) is 5.95 Å². The van der Waals surface area contributed by atoms with E-state index >= 15 is 0 Å². The number of carbonyl (C=O) groups excluding carboxylic acids is 1. The third-order valence-electron chi connectivity index (χ3n) is 1.96. The fourth-order valence-corrected chi connectivity index (χ4v) is 1.19. The second-order valence-electron chi connectivity index (χ2n) is 3.21. The number of carbonyl (C=O) groups is 1. The van der Waals surface area contributed by atoms with Crippen molar-refractivity contribution in [1.82, 2.24) is 19.5 Å². The van der Waals surface area contributed by atoms with Crippen LogP contribution in [0.3, 0.4) is 0 Å². The maximum absolute atomic E-state index is 11.0. The molecule has 0 saturated heterocycles. The zero-order valence-electron chi connectivity index (χ0n) is 9.70. The number of rotatable bonds is 2. The minimum Gasteiger partial charge on any atom is -0.456 e. The van der Waals surface area contributed by atoms with Gasteiger partial charge in [-0.15, -0.1) is 0 Å². The van der Waals surface area contributed by atoms with Crippen LogP contribution in [0.15, 0.2) is 31.1 Å². The Hall–Kier alpha value is -2.68. The number of hydrogen-bond donors (Lipinski definition) is 0. The van der Waals surface area contributed by atoms with Crippen molar-refractivity contribution in [1.29, 1.82) is 0 Å². The van der Waals surface area contributed by atoms with Crippen LogP contribution in [-0.4, -0.2) is 32.1 Å². The van der Waals surface area contributed by atoms with E-state index in [1.165, 1.54) is 12.4 Å². The molecule has 2 rings (SSSR count). The molecule has 0 saturated carbocycles. The van der Waals surface area contributed by atoms with Gasteiger partial charge in [0, 0.05) is 30.7 Å². The van der Waals surface area contributed by atoms with Gasteiger partial charge in [-0.05, 0) is 6.92 Å². The van der Waals surface area contributed by atoms with Crippen LogP contribution >= 0.6 is 0 Å². The molecule has 0 aliphatic carbocycles. The van der Waals surface area contributed by atoms with Crippen molar-refractivity contribution >= 4 is 5.97 Å². The first kappa shape index (κ1) is 11.8. The molecule has 0 aliphatic rings. The normalized spacial score (nSPS) is 9.39. The van der Waals surface area contributed by atoms with E-state index in [2.05, 4.69) is 31.5 Å². The average Bonchev–Trinajstić information content (AvgIpc) is 2.91. The molecule has 2 heterocycles. The van der Waals surface area contributed by atoms with Crippen LogP contribution in [0.5, 0.6) is 0 Å². The summed E-state index contributed by atoms with van der Waals surface area (Å²) >= 11 is 0. The Bertz CT molecular complexity index is 579. The Morgan fingerprint density at radius 1 is 1.44 bits per heavy atom. The van der Waals surface area contributed by atoms with Gasteiger partial charge in [0.05, 0.1) is 12.2 Å². The second kappa shape index (κ2) is 5.59. The van der Waals surface area contributed by atoms with Gasteiger partial charge < -0.3 is 4.74 Å². The lowest BCUT2D eigenvalue weighted by molar-refractivity contribution is -0.136. The molecule has 6 heteroatoms. The lowest BCUT2D eigenvalue weighted by Gasteiger charge is -1.98. The predicted octanol–water partition coefficient (Wildman–Crippen LogP) is 0.577. The molecule has 0 spiro atoms. The highest BCUT2D eigenvalue weighted by Crippen LogP contribution is 1.99. The topological polar surface area (TPSA) is 69.9 Å². The smallest absolute Gasteiger partial charge is 0.384 e. The van der Waals surface area contributed by atoms with Crippen LogP contribution in [0.4, 0.5) is 0 Å². The summed E-state index contributed by atoms with van der Waals surface area (Å²) in [5.74, 6) is 4.91. The van der Waals surface area contributed by atoms with Crippen LogP contribution in [0.1, 0.15) is 12.5 Å². The average molecular weight is 242 g/mol. The molecule has 0 N–H and O–H groups in total. The Balaban J connectivity index is 2.11. The third kappa shape index (κ3) is 2.92. The molecule has 0 bridgehead atoms. The summed E-state index contributed by atoms with van der Waals surface area (Å²) in [6.45, 7) is 2.03. The Labute approximate surface area is 104 Å². The van der Waals surface area contributed by atoms with Gasteiger partial charge in [0.15, 0.2) is 0 Å². The van der Waals surface area contributed by atoms with E-state index in [-0.39, 0.29) is 0 Å². The fraction of sp³-hybridized carbons (Fsp3) is 0.167. The zero-order valence-corrected chi connectivity index (χ0v) is 9.70. The summed E-state index contributed by atoms with van der Waals surface area (Å²) in [5, 5.41) is 0. The van der Waals surface area contributed by atoms with Gasteiger partial charge in [0.1, 0.15) is 6.33 Å². The summed E-state index contributed by atoms with van der Waals surface area (Å²) in [4.78, 5) is 23.1. The molecule has 0 amide bonds. The van der Waals surface area contributed by atoms with Crippen molar-refractivity contribution < 1.29 is 9.53 Å². The van der Waals surface area contributed by atoms with E-state index < -0.39 is 5.97 Å². The van der Waals surface area contributed by atoms with Crippen molar-refractivity contribution in [2.24, 2.45) is 0 Å². The van der Waals surface area contributed by atoms with Gasteiger partial charge in [0.2, 0.25) is 5.95 Å². The van der Waals surface area contributed by atoms with E-state index in [1.54, 1.807) is 30.2 Å². The first-order valence-corrected chi connectivity index (χ1v) is 5.28. The van der Waals surface area contributed by atoms with E-state index in [0.29, 0.717) is 18.1 Å². The Morgan fingerprint density at radius 3 is 2.83 bits per heavy atom. The SMILES string of the molecule is CCOC(=O)C#Cc1cnc(-n2ccnc2)nc1. The monoisotopic (exact) mass is 242 g/mol. The number of nitrogens with zero attached hydrogens (tertiary/aromatic N) is 4. The Morgan fingerprint density at radius 2 is 2.22 bits per heavy atom. The molecular formula is C12H10N4O2. The van der Waals surface area contributed by atoms with E-state index in [4.69, 9.17) is 0 Å². The highest BCUT2D eigenvalue weighted by atomic mass is 16.5. The standard InChI is InChI=1S/C12H10N4O2/c1-2-18-11(17)4-3-10-7-14-12(15-8-10)16-6-5-13-9-16/h5-9H,2H2,1H3. The van der Waals surface area contributed by atoms with E-state index in [1.807, 2.05) is 0 Å². The number of ether oxygens (including phenoxy) is 1. The van der Waals surface area contributed by atoms with Crippen LogP contribution in [0, 0.1) is 11.8 Å². The molecule has 0 fully saturated rings. The van der Waals surface area contributed by atoms with Gasteiger partial charge in [-0.25, -0.2) is 19.7 Å². The zero-order chi connectivity index (χ0) is 12.8. The van der Waals surface area contributed by atoms with Crippen molar-refractivity contribution in [3.63, 3.8) is 0 Å². The quantitative estimate of drug-likeness (QED) is 0.569. The molecule has 0 unspecified atom stereocenters. The molecule has 2 aromatic rings. The first-order chi connectivity index (χ1) is 8.79. The minimum atomic E-state index is -0.559. The van der Waals surface area contributed by atoms with Gasteiger partial charge in [-0.2, -0.15) is 0 Å². The number of aromatic nitrogens is 4. The predicted molar refractivity (Wildman–Crippen MR) is 62.7 cm³/mol. The summed E-state index contributed by atoms with van der Waals surface area (Å²) < 4.78 is 6.35. The maximum atomic E-state index is 11.0. The van der Waals surface area contributed by atoms with Crippen molar-refractivity contribution in [3.05, 3.63) is 36.7 Å². The summed E-state index contributed by atoms with van der Waals surface area (Å²) in [6.07, 6.45) is 8.04. The molecule has 90 valence electrons. The molecule has 0 radical (unpaired) electrons. The molecular weight excluding hydrogens is 232 g/mol. The molecule has 18 heavy (non-hydrogen) atoms. The molecule has 6 nitrogen and oxygen atoms in total. The minimum absolute atomic E-state index is 0.309. The summed E-state index contributed by atoms with van der Waals surface area (Å²) in [7, 11) is 0. The summed E-state index contributed by atoms with van der Waals surface area (Å²) in [5.41, 5.74) is 0.548. The summed E-state index contributed by atoms with van der Waals surface area (Å²) in [6, 6.07) is 0. The Kier molecular flexibility index (Phi) is 3.66. The van der Waals surface area contributed by atoms with Crippen LogP contribution < -0.4 is 0 Å². The van der Waals surface area contributed by atoms with E-state index in [9.17, 15) is 4.79 Å². The van der Waals surface area contributed by atoms with Crippen LogP contribution in [0.2, 0.25) is 0 Å². The van der Waals surface area contributed by atoms with Crippen molar-refractivity contribution in [2.45, 2.75) is 6.92 Å².